The second kappa shape index (κ2) is 6.56. The lowest BCUT2D eigenvalue weighted by Gasteiger charge is -2.24. The molecule has 21 heavy (non-hydrogen) atoms. The van der Waals surface area contributed by atoms with Crippen LogP contribution in [-0.4, -0.2) is 29.1 Å². The first kappa shape index (κ1) is 15.3. The highest BCUT2D eigenvalue weighted by molar-refractivity contribution is 5.95. The number of non-ortho nitro benzene ring substituents is 1. The summed E-state index contributed by atoms with van der Waals surface area (Å²) in [6.45, 7) is 3.66. The van der Waals surface area contributed by atoms with Crippen molar-refractivity contribution in [1.82, 2.24) is 0 Å². The van der Waals surface area contributed by atoms with Crippen molar-refractivity contribution in [3.8, 4) is 0 Å². The molecule has 1 heterocycles. The molecule has 0 spiro atoms. The van der Waals surface area contributed by atoms with Crippen LogP contribution < -0.4 is 4.90 Å². The molecule has 1 aromatic carbocycles. The third-order valence-electron chi connectivity index (χ3n) is 4.19. The molecule has 1 N–H and O–H groups in total. The largest absolute Gasteiger partial charge is 0.478 e. The van der Waals surface area contributed by atoms with Gasteiger partial charge in [0.2, 0.25) is 0 Å². The molecule has 0 aromatic heterocycles. The summed E-state index contributed by atoms with van der Waals surface area (Å²) in [5.74, 6) is -0.391. The number of carboxylic acid groups (broad SMARTS) is 1. The Morgan fingerprint density at radius 1 is 1.43 bits per heavy atom. The van der Waals surface area contributed by atoms with E-state index in [2.05, 4.69) is 6.92 Å². The predicted molar refractivity (Wildman–Crippen MR) is 79.9 cm³/mol. The Hall–Kier alpha value is -2.11. The van der Waals surface area contributed by atoms with Crippen LogP contribution in [0, 0.1) is 16.0 Å². The molecule has 114 valence electrons. The van der Waals surface area contributed by atoms with Gasteiger partial charge in [0.05, 0.1) is 16.2 Å². The smallest absolute Gasteiger partial charge is 0.337 e. The van der Waals surface area contributed by atoms with Gasteiger partial charge in [-0.05, 0) is 31.2 Å². The molecule has 1 unspecified atom stereocenters. The van der Waals surface area contributed by atoms with Gasteiger partial charge in [0.25, 0.3) is 5.69 Å². The predicted octanol–water partition coefficient (Wildman–Crippen LogP) is 3.31. The maximum atomic E-state index is 11.4. The van der Waals surface area contributed by atoms with Gasteiger partial charge in [0.15, 0.2) is 0 Å². The molecule has 1 saturated heterocycles. The highest BCUT2D eigenvalue weighted by Gasteiger charge is 2.22. The standard InChI is InChI=1S/C15H20N2O4/c1-2-11-4-3-8-16(9-7-11)14-10-12(17(20)21)5-6-13(14)15(18)19/h5-6,10-11H,2-4,7-9H2,1H3,(H,18,19). The van der Waals surface area contributed by atoms with E-state index in [-0.39, 0.29) is 11.3 Å². The molecule has 1 aliphatic rings. The second-order valence-corrected chi connectivity index (χ2v) is 5.46. The van der Waals surface area contributed by atoms with E-state index in [1.807, 2.05) is 4.90 Å². The summed E-state index contributed by atoms with van der Waals surface area (Å²) in [5.41, 5.74) is 0.537. The topological polar surface area (TPSA) is 83.7 Å². The SMILES string of the molecule is CCC1CCCN(c2cc([N+](=O)[O-])ccc2C(=O)O)CC1. The summed E-state index contributed by atoms with van der Waals surface area (Å²) in [7, 11) is 0. The van der Waals surface area contributed by atoms with E-state index in [0.29, 0.717) is 11.6 Å². The van der Waals surface area contributed by atoms with Crippen LogP contribution in [0.15, 0.2) is 18.2 Å². The average Bonchev–Trinajstić information content (AvgIpc) is 2.71. The number of aromatic carboxylic acids is 1. The van der Waals surface area contributed by atoms with E-state index in [9.17, 15) is 20.0 Å². The number of nitro benzene ring substituents is 1. The molecule has 2 rings (SSSR count). The van der Waals surface area contributed by atoms with Gasteiger partial charge >= 0.3 is 5.97 Å². The molecule has 0 aliphatic carbocycles. The first-order chi connectivity index (χ1) is 10.0. The normalized spacial score (nSPS) is 19.1. The van der Waals surface area contributed by atoms with Gasteiger partial charge in [0.1, 0.15) is 0 Å². The first-order valence-corrected chi connectivity index (χ1v) is 7.29. The van der Waals surface area contributed by atoms with Crippen LogP contribution in [0.3, 0.4) is 0 Å². The Morgan fingerprint density at radius 2 is 2.19 bits per heavy atom. The summed E-state index contributed by atoms with van der Waals surface area (Å²) in [4.78, 5) is 23.8. The molecule has 0 amide bonds. The number of carboxylic acids is 1. The van der Waals surface area contributed by atoms with E-state index in [1.54, 1.807) is 0 Å². The lowest BCUT2D eigenvalue weighted by atomic mass is 9.98. The van der Waals surface area contributed by atoms with E-state index < -0.39 is 10.9 Å². The van der Waals surface area contributed by atoms with Crippen molar-refractivity contribution in [2.45, 2.75) is 32.6 Å². The Bertz CT molecular complexity index is 544. The fourth-order valence-electron chi connectivity index (χ4n) is 2.89. The Kier molecular flexibility index (Phi) is 4.77. The van der Waals surface area contributed by atoms with E-state index in [1.165, 1.54) is 18.2 Å². The molecule has 0 bridgehead atoms. The minimum atomic E-state index is -1.05. The molecular formula is C15H20N2O4. The van der Waals surface area contributed by atoms with Crippen LogP contribution in [-0.2, 0) is 0 Å². The van der Waals surface area contributed by atoms with Crippen molar-refractivity contribution in [2.24, 2.45) is 5.92 Å². The Balaban J connectivity index is 2.33. The summed E-state index contributed by atoms with van der Waals surface area (Å²) in [5, 5.41) is 20.2. The van der Waals surface area contributed by atoms with Gasteiger partial charge < -0.3 is 10.0 Å². The molecule has 0 radical (unpaired) electrons. The number of carbonyl (C=O) groups is 1. The first-order valence-electron chi connectivity index (χ1n) is 7.29. The number of benzene rings is 1. The average molecular weight is 292 g/mol. The fourth-order valence-corrected chi connectivity index (χ4v) is 2.89. The fraction of sp³-hybridized carbons (Fsp3) is 0.533. The number of nitro groups is 1. The maximum absolute atomic E-state index is 11.4. The van der Waals surface area contributed by atoms with Crippen molar-refractivity contribution >= 4 is 17.3 Å². The summed E-state index contributed by atoms with van der Waals surface area (Å²) in [6.07, 6.45) is 4.23. The van der Waals surface area contributed by atoms with Crippen molar-refractivity contribution in [1.29, 1.82) is 0 Å². The zero-order valence-corrected chi connectivity index (χ0v) is 12.1. The van der Waals surface area contributed by atoms with Gasteiger partial charge in [-0.1, -0.05) is 13.3 Å². The molecule has 1 atom stereocenters. The summed E-state index contributed by atoms with van der Waals surface area (Å²) < 4.78 is 0. The molecule has 0 saturated carbocycles. The van der Waals surface area contributed by atoms with Crippen LogP contribution in [0.5, 0.6) is 0 Å². The third-order valence-corrected chi connectivity index (χ3v) is 4.19. The van der Waals surface area contributed by atoms with E-state index >= 15 is 0 Å². The van der Waals surface area contributed by atoms with E-state index in [0.717, 1.165) is 38.8 Å². The molecule has 1 aliphatic heterocycles. The zero-order chi connectivity index (χ0) is 15.4. The van der Waals surface area contributed by atoms with Crippen LogP contribution in [0.1, 0.15) is 43.0 Å². The lowest BCUT2D eigenvalue weighted by molar-refractivity contribution is -0.384. The zero-order valence-electron chi connectivity index (χ0n) is 12.1. The number of rotatable bonds is 4. The van der Waals surface area contributed by atoms with Crippen LogP contribution in [0.4, 0.5) is 11.4 Å². The quantitative estimate of drug-likeness (QED) is 0.680. The number of hydrogen-bond donors (Lipinski definition) is 1. The molecular weight excluding hydrogens is 272 g/mol. The van der Waals surface area contributed by atoms with Crippen LogP contribution in [0.25, 0.3) is 0 Å². The van der Waals surface area contributed by atoms with Crippen molar-refractivity contribution < 1.29 is 14.8 Å². The second-order valence-electron chi connectivity index (χ2n) is 5.46. The monoisotopic (exact) mass is 292 g/mol. The van der Waals surface area contributed by atoms with Crippen LogP contribution in [0.2, 0.25) is 0 Å². The molecule has 6 nitrogen and oxygen atoms in total. The van der Waals surface area contributed by atoms with E-state index in [4.69, 9.17) is 0 Å². The van der Waals surface area contributed by atoms with Gasteiger partial charge in [0, 0.05) is 25.2 Å². The van der Waals surface area contributed by atoms with Gasteiger partial charge in [-0.3, -0.25) is 10.1 Å². The third kappa shape index (κ3) is 3.51. The van der Waals surface area contributed by atoms with Crippen molar-refractivity contribution in [3.05, 3.63) is 33.9 Å². The Morgan fingerprint density at radius 3 is 2.81 bits per heavy atom. The van der Waals surface area contributed by atoms with Crippen molar-refractivity contribution in [3.63, 3.8) is 0 Å². The molecule has 1 aromatic rings. The number of anilines is 1. The number of hydrogen-bond acceptors (Lipinski definition) is 4. The molecule has 1 fully saturated rings. The number of nitrogens with zero attached hydrogens (tertiary/aromatic N) is 2. The highest BCUT2D eigenvalue weighted by atomic mass is 16.6. The van der Waals surface area contributed by atoms with Gasteiger partial charge in [-0.2, -0.15) is 0 Å². The highest BCUT2D eigenvalue weighted by Crippen LogP contribution is 2.30. The van der Waals surface area contributed by atoms with Crippen LogP contribution >= 0.6 is 0 Å². The summed E-state index contributed by atoms with van der Waals surface area (Å²) >= 11 is 0. The molecule has 6 heteroatoms. The van der Waals surface area contributed by atoms with Gasteiger partial charge in [-0.25, -0.2) is 4.79 Å². The van der Waals surface area contributed by atoms with Crippen molar-refractivity contribution in [2.75, 3.05) is 18.0 Å². The maximum Gasteiger partial charge on any atom is 0.337 e. The Labute approximate surface area is 123 Å². The van der Waals surface area contributed by atoms with Gasteiger partial charge in [-0.15, -0.1) is 0 Å². The minimum Gasteiger partial charge on any atom is -0.478 e. The summed E-state index contributed by atoms with van der Waals surface area (Å²) in [6, 6.07) is 3.97. The minimum absolute atomic E-state index is 0.0636. The lowest BCUT2D eigenvalue weighted by Crippen LogP contribution is -2.26.